The molecule has 0 saturated carbocycles. The Morgan fingerprint density at radius 3 is 2.48 bits per heavy atom. The van der Waals surface area contributed by atoms with Gasteiger partial charge in [0.15, 0.2) is 0 Å². The van der Waals surface area contributed by atoms with E-state index in [9.17, 15) is 19.1 Å². The Balaban J connectivity index is 1.70. The number of benzene rings is 2. The van der Waals surface area contributed by atoms with Gasteiger partial charge in [-0.3, -0.25) is 9.59 Å². The number of hydrogen-bond donors (Lipinski definition) is 2. The third kappa shape index (κ3) is 4.94. The molecule has 1 fully saturated rings. The highest BCUT2D eigenvalue weighted by atomic mass is 19.1. The van der Waals surface area contributed by atoms with Crippen molar-refractivity contribution in [3.8, 4) is 5.75 Å². The molecule has 2 aromatic carbocycles. The van der Waals surface area contributed by atoms with Crippen molar-refractivity contribution in [3.63, 3.8) is 0 Å². The van der Waals surface area contributed by atoms with Crippen molar-refractivity contribution < 1.29 is 19.1 Å². The summed E-state index contributed by atoms with van der Waals surface area (Å²) in [6, 6.07) is 10.6. The topological polar surface area (TPSA) is 69.6 Å². The van der Waals surface area contributed by atoms with Crippen molar-refractivity contribution in [2.75, 3.05) is 18.4 Å². The molecular weight excluding hydrogens is 371 g/mol. The highest BCUT2D eigenvalue weighted by molar-refractivity contribution is 5.97. The normalized spacial score (nSPS) is 17.1. The van der Waals surface area contributed by atoms with E-state index in [4.69, 9.17) is 0 Å². The van der Waals surface area contributed by atoms with Crippen molar-refractivity contribution >= 4 is 17.5 Å². The molecule has 1 aliphatic rings. The lowest BCUT2D eigenvalue weighted by atomic mass is 9.86. The fraction of sp³-hybridized carbons (Fsp3) is 0.391. The van der Waals surface area contributed by atoms with Crippen LogP contribution in [-0.4, -0.2) is 34.9 Å². The van der Waals surface area contributed by atoms with Gasteiger partial charge >= 0.3 is 0 Å². The van der Waals surface area contributed by atoms with E-state index in [-0.39, 0.29) is 28.9 Å². The molecule has 0 spiro atoms. The van der Waals surface area contributed by atoms with Gasteiger partial charge in [-0.2, -0.15) is 0 Å². The first-order valence-corrected chi connectivity index (χ1v) is 9.84. The van der Waals surface area contributed by atoms with Crippen LogP contribution in [0.3, 0.4) is 0 Å². The largest absolute Gasteiger partial charge is 0.506 e. The molecule has 1 saturated heterocycles. The highest BCUT2D eigenvalue weighted by Crippen LogP contribution is 2.31. The van der Waals surface area contributed by atoms with Gasteiger partial charge in [-0.05, 0) is 60.2 Å². The van der Waals surface area contributed by atoms with E-state index in [0.717, 1.165) is 5.56 Å². The number of carbonyl (C=O) groups is 2. The van der Waals surface area contributed by atoms with Crippen LogP contribution in [0.4, 0.5) is 10.1 Å². The summed E-state index contributed by atoms with van der Waals surface area (Å²) in [5.74, 6) is -1.18. The monoisotopic (exact) mass is 398 g/mol. The van der Waals surface area contributed by atoms with E-state index in [1.165, 1.54) is 24.3 Å². The van der Waals surface area contributed by atoms with Gasteiger partial charge in [-0.25, -0.2) is 4.39 Å². The zero-order chi connectivity index (χ0) is 21.2. The second-order valence-electron chi connectivity index (χ2n) is 8.57. The maximum Gasteiger partial charge on any atom is 0.253 e. The minimum absolute atomic E-state index is 0.0152. The number of amides is 2. The molecule has 5 nitrogen and oxygen atoms in total. The predicted octanol–water partition coefficient (Wildman–Crippen LogP) is 4.32. The zero-order valence-corrected chi connectivity index (χ0v) is 17.0. The minimum Gasteiger partial charge on any atom is -0.506 e. The van der Waals surface area contributed by atoms with E-state index in [1.54, 1.807) is 17.0 Å². The number of rotatable bonds is 3. The van der Waals surface area contributed by atoms with Crippen molar-refractivity contribution in [1.29, 1.82) is 0 Å². The van der Waals surface area contributed by atoms with Crippen molar-refractivity contribution in [2.45, 2.75) is 39.0 Å². The summed E-state index contributed by atoms with van der Waals surface area (Å²) < 4.78 is 13.1. The fourth-order valence-corrected chi connectivity index (χ4v) is 3.49. The van der Waals surface area contributed by atoms with Gasteiger partial charge in [-0.15, -0.1) is 0 Å². The van der Waals surface area contributed by atoms with E-state index < -0.39 is 5.82 Å². The van der Waals surface area contributed by atoms with Gasteiger partial charge < -0.3 is 15.3 Å². The molecule has 0 aromatic heterocycles. The molecule has 6 heteroatoms. The Bertz CT molecular complexity index is 903. The van der Waals surface area contributed by atoms with Crippen molar-refractivity contribution in [2.24, 2.45) is 5.92 Å². The Hall–Kier alpha value is -2.89. The van der Waals surface area contributed by atoms with Crippen LogP contribution in [-0.2, 0) is 10.2 Å². The smallest absolute Gasteiger partial charge is 0.253 e. The molecule has 2 N–H and O–H groups in total. The van der Waals surface area contributed by atoms with Crippen LogP contribution >= 0.6 is 0 Å². The van der Waals surface area contributed by atoms with Crippen LogP contribution in [0.1, 0.15) is 49.5 Å². The second-order valence-corrected chi connectivity index (χ2v) is 8.57. The van der Waals surface area contributed by atoms with Crippen LogP contribution in [0.25, 0.3) is 0 Å². The number of likely N-dealkylation sites (tertiary alicyclic amines) is 1. The molecule has 1 aliphatic heterocycles. The number of nitrogens with one attached hydrogen (secondary N) is 1. The summed E-state index contributed by atoms with van der Waals surface area (Å²) in [6.07, 6.45) is 1.37. The quantitative estimate of drug-likeness (QED) is 0.757. The SMILES string of the molecule is CC(C)(C)c1ccc(O)c(NC(=O)C2CCCN(C(=O)c3ccc(F)cc3)C2)c1. The van der Waals surface area contributed by atoms with Crippen LogP contribution in [0, 0.1) is 11.7 Å². The molecule has 1 atom stereocenters. The number of carbonyl (C=O) groups excluding carboxylic acids is 2. The van der Waals surface area contributed by atoms with Crippen molar-refractivity contribution in [3.05, 3.63) is 59.4 Å². The van der Waals surface area contributed by atoms with Crippen LogP contribution in [0.15, 0.2) is 42.5 Å². The highest BCUT2D eigenvalue weighted by Gasteiger charge is 2.29. The third-order valence-electron chi connectivity index (χ3n) is 5.29. The first kappa shape index (κ1) is 20.8. The second kappa shape index (κ2) is 8.23. The molecule has 0 aliphatic carbocycles. The van der Waals surface area contributed by atoms with E-state index >= 15 is 0 Å². The average molecular weight is 398 g/mol. The standard InChI is InChI=1S/C23H27FN2O3/c1-23(2,3)17-8-11-20(27)19(13-17)25-21(28)16-5-4-12-26(14-16)22(29)15-6-9-18(24)10-7-15/h6-11,13,16,27H,4-5,12,14H2,1-3H3,(H,25,28). The number of aromatic hydroxyl groups is 1. The Morgan fingerprint density at radius 1 is 1.14 bits per heavy atom. The number of phenols is 1. The average Bonchev–Trinajstić information content (AvgIpc) is 2.69. The number of halogens is 1. The van der Waals surface area contributed by atoms with Crippen molar-refractivity contribution in [1.82, 2.24) is 4.90 Å². The summed E-state index contributed by atoms with van der Waals surface area (Å²) in [7, 11) is 0. The lowest BCUT2D eigenvalue weighted by molar-refractivity contribution is -0.121. The number of anilines is 1. The molecule has 0 bridgehead atoms. The molecule has 154 valence electrons. The third-order valence-corrected chi connectivity index (χ3v) is 5.29. The molecule has 0 radical (unpaired) electrons. The number of piperidine rings is 1. The fourth-order valence-electron chi connectivity index (χ4n) is 3.49. The molecule has 1 unspecified atom stereocenters. The van der Waals surface area contributed by atoms with Gasteiger partial charge in [0, 0.05) is 18.7 Å². The van der Waals surface area contributed by atoms with Gasteiger partial charge in [0.1, 0.15) is 11.6 Å². The van der Waals surface area contributed by atoms with E-state index in [1.807, 2.05) is 6.07 Å². The predicted molar refractivity (Wildman–Crippen MR) is 110 cm³/mol. The summed E-state index contributed by atoms with van der Waals surface area (Å²) >= 11 is 0. The van der Waals surface area contributed by atoms with E-state index in [2.05, 4.69) is 26.1 Å². The molecular formula is C23H27FN2O3. The first-order valence-electron chi connectivity index (χ1n) is 9.84. The first-order chi connectivity index (χ1) is 13.6. The number of nitrogens with zero attached hydrogens (tertiary/aromatic N) is 1. The number of hydrogen-bond acceptors (Lipinski definition) is 3. The lowest BCUT2D eigenvalue weighted by Crippen LogP contribution is -2.43. The maximum atomic E-state index is 13.1. The van der Waals surface area contributed by atoms with Gasteiger partial charge in [0.2, 0.25) is 5.91 Å². The Morgan fingerprint density at radius 2 is 1.83 bits per heavy atom. The Kier molecular flexibility index (Phi) is 5.91. The summed E-state index contributed by atoms with van der Waals surface area (Å²) in [6.45, 7) is 7.04. The van der Waals surface area contributed by atoms with Gasteiger partial charge in [-0.1, -0.05) is 26.8 Å². The Labute approximate surface area is 170 Å². The summed E-state index contributed by atoms with van der Waals surface area (Å²) in [4.78, 5) is 27.1. The molecule has 3 rings (SSSR count). The van der Waals surface area contributed by atoms with E-state index in [0.29, 0.717) is 37.2 Å². The van der Waals surface area contributed by atoms with Crippen LogP contribution in [0.2, 0.25) is 0 Å². The maximum absolute atomic E-state index is 13.1. The molecule has 2 amide bonds. The van der Waals surface area contributed by atoms with Crippen LogP contribution < -0.4 is 5.32 Å². The van der Waals surface area contributed by atoms with Crippen LogP contribution in [0.5, 0.6) is 5.75 Å². The van der Waals surface area contributed by atoms with Gasteiger partial charge in [0.25, 0.3) is 5.91 Å². The summed E-state index contributed by atoms with van der Waals surface area (Å²) in [5, 5.41) is 13.0. The summed E-state index contributed by atoms with van der Waals surface area (Å²) in [5.41, 5.74) is 1.67. The molecule has 1 heterocycles. The molecule has 29 heavy (non-hydrogen) atoms. The lowest BCUT2D eigenvalue weighted by Gasteiger charge is -2.32. The zero-order valence-electron chi connectivity index (χ0n) is 17.0. The number of phenolic OH excluding ortho intramolecular Hbond substituents is 1. The molecule has 2 aromatic rings. The minimum atomic E-state index is -0.394. The van der Waals surface area contributed by atoms with Gasteiger partial charge in [0.05, 0.1) is 11.6 Å².